The van der Waals surface area contributed by atoms with Crippen molar-refractivity contribution in [3.63, 3.8) is 0 Å². The maximum absolute atomic E-state index is 13.1. The van der Waals surface area contributed by atoms with E-state index in [2.05, 4.69) is 14.9 Å². The Morgan fingerprint density at radius 1 is 1.10 bits per heavy atom. The van der Waals surface area contributed by atoms with Gasteiger partial charge < -0.3 is 14.4 Å². The van der Waals surface area contributed by atoms with Crippen LogP contribution in [0.3, 0.4) is 0 Å². The number of sulfonamides is 1. The third-order valence-electron chi connectivity index (χ3n) is 5.58. The molecule has 2 fully saturated rings. The number of carbonyl (C=O) groups is 1. The number of piperazine rings is 1. The molecule has 0 saturated carbocycles. The monoisotopic (exact) mass is 418 g/mol. The van der Waals surface area contributed by atoms with Gasteiger partial charge in [-0.25, -0.2) is 18.4 Å². The lowest BCUT2D eigenvalue weighted by Gasteiger charge is -2.39. The van der Waals surface area contributed by atoms with Crippen LogP contribution < -0.4 is 4.90 Å². The van der Waals surface area contributed by atoms with Crippen molar-refractivity contribution in [2.24, 2.45) is 13.0 Å². The van der Waals surface area contributed by atoms with Crippen LogP contribution in [0.1, 0.15) is 12.8 Å². The van der Waals surface area contributed by atoms with Gasteiger partial charge in [-0.15, -0.1) is 0 Å². The fourth-order valence-electron chi connectivity index (χ4n) is 3.97. The predicted octanol–water partition coefficient (Wildman–Crippen LogP) is 0.565. The molecule has 0 bridgehead atoms. The molecule has 1 atom stereocenters. The summed E-state index contributed by atoms with van der Waals surface area (Å²) < 4.78 is 28.7. The maximum atomic E-state index is 13.1. The van der Waals surface area contributed by atoms with Gasteiger partial charge in [0.1, 0.15) is 5.82 Å². The lowest BCUT2D eigenvalue weighted by molar-refractivity contribution is -0.137. The molecule has 2 aromatic heterocycles. The van der Waals surface area contributed by atoms with Gasteiger partial charge in [0.05, 0.1) is 12.2 Å². The molecule has 2 aliphatic heterocycles. The molecule has 0 N–H and O–H groups in total. The largest absolute Gasteiger partial charge is 0.353 e. The summed E-state index contributed by atoms with van der Waals surface area (Å²) in [5.41, 5.74) is 0. The molecule has 1 amide bonds. The average molecular weight is 419 g/mol. The second-order valence-corrected chi connectivity index (χ2v) is 9.46. The van der Waals surface area contributed by atoms with Crippen LogP contribution in [0.25, 0.3) is 0 Å². The highest BCUT2D eigenvalue weighted by molar-refractivity contribution is 7.89. The highest BCUT2D eigenvalue weighted by Gasteiger charge is 2.36. The van der Waals surface area contributed by atoms with E-state index in [1.165, 1.54) is 16.8 Å². The molecule has 0 aromatic carbocycles. The molecule has 4 heterocycles. The standard InChI is InChI=1S/C19H26N6O3S/c1-22-14-18(21-15-22)29(27,28)25-8-4-5-16(13-25)19(26)24-11-9-23(10-12-24)17-6-2-3-7-20-17/h2-3,6-7,14-16H,4-5,8-13H2,1H3/t16-/m1/s1. The number of anilines is 1. The fourth-order valence-corrected chi connectivity index (χ4v) is 5.46. The fraction of sp³-hybridized carbons (Fsp3) is 0.526. The first-order valence-electron chi connectivity index (χ1n) is 9.88. The van der Waals surface area contributed by atoms with Crippen molar-refractivity contribution >= 4 is 21.7 Å². The van der Waals surface area contributed by atoms with Gasteiger partial charge in [-0.2, -0.15) is 4.31 Å². The molecule has 0 unspecified atom stereocenters. The van der Waals surface area contributed by atoms with Crippen LogP contribution in [-0.4, -0.2) is 77.3 Å². The first-order valence-corrected chi connectivity index (χ1v) is 11.3. The Hall–Kier alpha value is -2.46. The summed E-state index contributed by atoms with van der Waals surface area (Å²) in [4.78, 5) is 25.4. The van der Waals surface area contributed by atoms with Gasteiger partial charge in [0.15, 0.2) is 5.03 Å². The summed E-state index contributed by atoms with van der Waals surface area (Å²) in [6.45, 7) is 3.35. The number of pyridine rings is 1. The van der Waals surface area contributed by atoms with Gasteiger partial charge in [-0.05, 0) is 25.0 Å². The van der Waals surface area contributed by atoms with Crippen molar-refractivity contribution in [3.8, 4) is 0 Å². The quantitative estimate of drug-likeness (QED) is 0.721. The molecule has 0 spiro atoms. The number of amides is 1. The number of imidazole rings is 1. The molecule has 2 aromatic rings. The molecule has 0 radical (unpaired) electrons. The summed E-state index contributed by atoms with van der Waals surface area (Å²) in [7, 11) is -1.93. The van der Waals surface area contributed by atoms with Gasteiger partial charge in [-0.1, -0.05) is 6.07 Å². The van der Waals surface area contributed by atoms with E-state index in [4.69, 9.17) is 0 Å². The summed E-state index contributed by atoms with van der Waals surface area (Å²) in [5, 5.41) is 0.0390. The normalized spacial score (nSPS) is 21.3. The molecule has 156 valence electrons. The zero-order valence-electron chi connectivity index (χ0n) is 16.5. The van der Waals surface area contributed by atoms with Gasteiger partial charge >= 0.3 is 0 Å². The second-order valence-electron chi connectivity index (χ2n) is 7.58. The number of aromatic nitrogens is 3. The first kappa shape index (κ1) is 19.8. The highest BCUT2D eigenvalue weighted by Crippen LogP contribution is 2.25. The van der Waals surface area contributed by atoms with Gasteiger partial charge in [0, 0.05) is 58.7 Å². The Balaban J connectivity index is 1.38. The Morgan fingerprint density at radius 2 is 1.90 bits per heavy atom. The Bertz CT molecular complexity index is 953. The topological polar surface area (TPSA) is 91.6 Å². The summed E-state index contributed by atoms with van der Waals surface area (Å²) in [6.07, 6.45) is 6.13. The number of aryl methyl sites for hydroxylation is 1. The Morgan fingerprint density at radius 3 is 2.55 bits per heavy atom. The molecular weight excluding hydrogens is 392 g/mol. The zero-order valence-corrected chi connectivity index (χ0v) is 17.3. The maximum Gasteiger partial charge on any atom is 0.262 e. The molecule has 2 saturated heterocycles. The Kier molecular flexibility index (Phi) is 5.55. The molecule has 0 aliphatic carbocycles. The van der Waals surface area contributed by atoms with Crippen LogP contribution >= 0.6 is 0 Å². The number of carbonyl (C=O) groups excluding carboxylic acids is 1. The van der Waals surface area contributed by atoms with Gasteiger partial charge in [-0.3, -0.25) is 4.79 Å². The van der Waals surface area contributed by atoms with Gasteiger partial charge in [0.2, 0.25) is 5.91 Å². The van der Waals surface area contributed by atoms with E-state index in [9.17, 15) is 13.2 Å². The zero-order chi connectivity index (χ0) is 20.4. The second kappa shape index (κ2) is 8.11. The summed E-state index contributed by atoms with van der Waals surface area (Å²) >= 11 is 0. The average Bonchev–Trinajstić information content (AvgIpc) is 3.21. The minimum Gasteiger partial charge on any atom is -0.353 e. The van der Waals surface area contributed by atoms with Crippen LogP contribution in [0.15, 0.2) is 41.9 Å². The van der Waals surface area contributed by atoms with Gasteiger partial charge in [0.25, 0.3) is 10.0 Å². The van der Waals surface area contributed by atoms with E-state index in [1.54, 1.807) is 17.8 Å². The predicted molar refractivity (Wildman–Crippen MR) is 108 cm³/mol. The van der Waals surface area contributed by atoms with Crippen molar-refractivity contribution in [2.45, 2.75) is 17.9 Å². The minimum absolute atomic E-state index is 0.0390. The van der Waals surface area contributed by atoms with E-state index < -0.39 is 10.0 Å². The molecule has 10 heteroatoms. The van der Waals surface area contributed by atoms with Crippen molar-refractivity contribution in [1.82, 2.24) is 23.7 Å². The van der Waals surface area contributed by atoms with E-state index in [-0.39, 0.29) is 23.4 Å². The van der Waals surface area contributed by atoms with E-state index >= 15 is 0 Å². The van der Waals surface area contributed by atoms with Crippen LogP contribution in [0.5, 0.6) is 0 Å². The molecule has 29 heavy (non-hydrogen) atoms. The van der Waals surface area contributed by atoms with Crippen LogP contribution in [0.4, 0.5) is 5.82 Å². The highest BCUT2D eigenvalue weighted by atomic mass is 32.2. The summed E-state index contributed by atoms with van der Waals surface area (Å²) in [6, 6.07) is 5.81. The van der Waals surface area contributed by atoms with Crippen LogP contribution in [-0.2, 0) is 21.9 Å². The van der Waals surface area contributed by atoms with Crippen molar-refractivity contribution < 1.29 is 13.2 Å². The minimum atomic E-state index is -3.67. The molecular formula is C19H26N6O3S. The lowest BCUT2D eigenvalue weighted by atomic mass is 9.98. The van der Waals surface area contributed by atoms with E-state index in [0.29, 0.717) is 32.5 Å². The van der Waals surface area contributed by atoms with Crippen molar-refractivity contribution in [1.29, 1.82) is 0 Å². The third-order valence-corrected chi connectivity index (χ3v) is 7.33. The Labute approximate surface area is 171 Å². The van der Waals surface area contributed by atoms with Crippen LogP contribution in [0, 0.1) is 5.92 Å². The van der Waals surface area contributed by atoms with E-state index in [0.717, 1.165) is 18.9 Å². The SMILES string of the molecule is Cn1cnc(S(=O)(=O)N2CCC[C@@H](C(=O)N3CCN(c4ccccn4)CC3)C2)c1. The molecule has 9 nitrogen and oxygen atoms in total. The number of hydrogen-bond acceptors (Lipinski definition) is 6. The van der Waals surface area contributed by atoms with Crippen LogP contribution in [0.2, 0.25) is 0 Å². The third kappa shape index (κ3) is 4.13. The number of rotatable bonds is 4. The molecule has 2 aliphatic rings. The molecule has 4 rings (SSSR count). The van der Waals surface area contributed by atoms with E-state index in [1.807, 2.05) is 23.1 Å². The summed E-state index contributed by atoms with van der Waals surface area (Å²) in [5.74, 6) is 0.667. The number of hydrogen-bond donors (Lipinski definition) is 0. The van der Waals surface area contributed by atoms with Crippen molar-refractivity contribution in [3.05, 3.63) is 36.9 Å². The first-order chi connectivity index (χ1) is 13.9. The van der Waals surface area contributed by atoms with Crippen molar-refractivity contribution in [2.75, 3.05) is 44.2 Å². The number of piperidine rings is 1. The number of nitrogens with zero attached hydrogens (tertiary/aromatic N) is 6. The smallest absolute Gasteiger partial charge is 0.262 e. The lowest BCUT2D eigenvalue weighted by Crippen LogP contribution is -2.53.